The highest BCUT2D eigenvalue weighted by molar-refractivity contribution is 7.80. The standard InChI is InChI=1S/C11H16N2O2S/c14-6-5-12-11(16)13-9-2-1-3-10-8(9)4-7-15-10/h4,7,9,14H,1-3,5-6H2,(H2,12,13,16). The molecule has 0 spiro atoms. The summed E-state index contributed by atoms with van der Waals surface area (Å²) in [6, 6.07) is 2.24. The van der Waals surface area contributed by atoms with Crippen molar-refractivity contribution in [2.75, 3.05) is 13.2 Å². The first kappa shape index (κ1) is 11.4. The lowest BCUT2D eigenvalue weighted by Crippen LogP contribution is -2.39. The second-order valence-electron chi connectivity index (χ2n) is 3.87. The molecule has 3 N–H and O–H groups in total. The fourth-order valence-corrected chi connectivity index (χ4v) is 2.26. The van der Waals surface area contributed by atoms with Crippen molar-refractivity contribution in [3.05, 3.63) is 23.7 Å². The molecule has 0 bridgehead atoms. The first-order chi connectivity index (χ1) is 7.81. The van der Waals surface area contributed by atoms with Crippen molar-refractivity contribution >= 4 is 17.3 Å². The van der Waals surface area contributed by atoms with Crippen molar-refractivity contribution in [2.24, 2.45) is 0 Å². The van der Waals surface area contributed by atoms with Crippen LogP contribution >= 0.6 is 12.2 Å². The van der Waals surface area contributed by atoms with Gasteiger partial charge in [0.15, 0.2) is 5.11 Å². The summed E-state index contributed by atoms with van der Waals surface area (Å²) in [5.41, 5.74) is 1.21. The van der Waals surface area contributed by atoms with Gasteiger partial charge in [0.2, 0.25) is 0 Å². The van der Waals surface area contributed by atoms with Crippen LogP contribution in [-0.2, 0) is 6.42 Å². The fourth-order valence-electron chi connectivity index (χ4n) is 2.02. The molecule has 1 aliphatic rings. The molecule has 4 nitrogen and oxygen atoms in total. The van der Waals surface area contributed by atoms with Gasteiger partial charge in [0.25, 0.3) is 0 Å². The van der Waals surface area contributed by atoms with E-state index in [4.69, 9.17) is 21.7 Å². The molecule has 5 heteroatoms. The fraction of sp³-hybridized carbons (Fsp3) is 0.545. The summed E-state index contributed by atoms with van der Waals surface area (Å²) >= 11 is 5.14. The Hall–Kier alpha value is -1.07. The summed E-state index contributed by atoms with van der Waals surface area (Å²) < 4.78 is 5.41. The number of rotatable bonds is 3. The van der Waals surface area contributed by atoms with E-state index in [-0.39, 0.29) is 12.6 Å². The Bertz CT molecular complexity index is 365. The third-order valence-corrected chi connectivity index (χ3v) is 3.02. The molecule has 2 rings (SSSR count). The Morgan fingerprint density at radius 3 is 3.31 bits per heavy atom. The molecule has 0 saturated heterocycles. The second kappa shape index (κ2) is 5.32. The van der Waals surface area contributed by atoms with Crippen LogP contribution in [0.2, 0.25) is 0 Å². The molecular formula is C11H16N2O2S. The van der Waals surface area contributed by atoms with E-state index in [1.807, 2.05) is 6.07 Å². The zero-order valence-corrected chi connectivity index (χ0v) is 9.85. The number of aryl methyl sites for hydroxylation is 1. The molecule has 0 amide bonds. The van der Waals surface area contributed by atoms with Crippen LogP contribution < -0.4 is 10.6 Å². The van der Waals surface area contributed by atoms with Crippen molar-refractivity contribution < 1.29 is 9.52 Å². The molecule has 0 saturated carbocycles. The molecule has 1 atom stereocenters. The third kappa shape index (κ3) is 2.54. The van der Waals surface area contributed by atoms with E-state index in [9.17, 15) is 0 Å². The molecule has 1 aliphatic carbocycles. The normalized spacial score (nSPS) is 18.9. The van der Waals surface area contributed by atoms with E-state index in [1.54, 1.807) is 6.26 Å². The summed E-state index contributed by atoms with van der Waals surface area (Å²) in [6.07, 6.45) is 4.92. The number of hydrogen-bond donors (Lipinski definition) is 3. The quantitative estimate of drug-likeness (QED) is 0.691. The molecule has 1 heterocycles. The summed E-state index contributed by atoms with van der Waals surface area (Å²) in [5.74, 6) is 1.06. The van der Waals surface area contributed by atoms with Crippen molar-refractivity contribution in [3.63, 3.8) is 0 Å². The van der Waals surface area contributed by atoms with E-state index in [0.29, 0.717) is 11.7 Å². The maximum Gasteiger partial charge on any atom is 0.166 e. The number of aliphatic hydroxyl groups excluding tert-OH is 1. The zero-order valence-electron chi connectivity index (χ0n) is 9.03. The smallest absolute Gasteiger partial charge is 0.166 e. The lowest BCUT2D eigenvalue weighted by Gasteiger charge is -2.24. The van der Waals surface area contributed by atoms with Crippen molar-refractivity contribution in [1.82, 2.24) is 10.6 Å². The minimum Gasteiger partial charge on any atom is -0.469 e. The Morgan fingerprint density at radius 1 is 1.62 bits per heavy atom. The topological polar surface area (TPSA) is 57.4 Å². The van der Waals surface area contributed by atoms with Gasteiger partial charge in [0, 0.05) is 18.5 Å². The zero-order chi connectivity index (χ0) is 11.4. The lowest BCUT2D eigenvalue weighted by molar-refractivity contribution is 0.300. The van der Waals surface area contributed by atoms with Crippen LogP contribution in [0.4, 0.5) is 0 Å². The SMILES string of the molecule is OCCNC(=S)NC1CCCc2occc21. The minimum absolute atomic E-state index is 0.0868. The average Bonchev–Trinajstić information content (AvgIpc) is 2.75. The van der Waals surface area contributed by atoms with Gasteiger partial charge in [-0.15, -0.1) is 0 Å². The molecule has 1 aromatic rings. The van der Waals surface area contributed by atoms with E-state index < -0.39 is 0 Å². The van der Waals surface area contributed by atoms with Crippen LogP contribution in [0.5, 0.6) is 0 Å². The monoisotopic (exact) mass is 240 g/mol. The van der Waals surface area contributed by atoms with Crippen LogP contribution in [-0.4, -0.2) is 23.4 Å². The number of aliphatic hydroxyl groups is 1. The van der Waals surface area contributed by atoms with Gasteiger partial charge in [-0.2, -0.15) is 0 Å². The molecule has 0 radical (unpaired) electrons. The largest absolute Gasteiger partial charge is 0.469 e. The maximum absolute atomic E-state index is 8.68. The Morgan fingerprint density at radius 2 is 2.50 bits per heavy atom. The minimum atomic E-state index is 0.0868. The van der Waals surface area contributed by atoms with E-state index in [0.717, 1.165) is 25.0 Å². The molecule has 0 aromatic carbocycles. The first-order valence-electron chi connectivity index (χ1n) is 5.52. The van der Waals surface area contributed by atoms with Gasteiger partial charge < -0.3 is 20.2 Å². The van der Waals surface area contributed by atoms with Crippen LogP contribution in [0.1, 0.15) is 30.2 Å². The van der Waals surface area contributed by atoms with Crippen molar-refractivity contribution in [2.45, 2.75) is 25.3 Å². The van der Waals surface area contributed by atoms with Gasteiger partial charge in [-0.05, 0) is 31.1 Å². The van der Waals surface area contributed by atoms with E-state index in [2.05, 4.69) is 10.6 Å². The first-order valence-corrected chi connectivity index (χ1v) is 5.93. The Labute approximate surface area is 100 Å². The number of nitrogens with one attached hydrogen (secondary N) is 2. The Kier molecular flexibility index (Phi) is 3.79. The number of furan rings is 1. The number of hydrogen-bond acceptors (Lipinski definition) is 3. The van der Waals surface area contributed by atoms with E-state index in [1.165, 1.54) is 5.56 Å². The van der Waals surface area contributed by atoms with Crippen molar-refractivity contribution in [1.29, 1.82) is 0 Å². The Balaban J connectivity index is 1.94. The number of thiocarbonyl (C=S) groups is 1. The van der Waals surface area contributed by atoms with Gasteiger partial charge in [-0.3, -0.25) is 0 Å². The maximum atomic E-state index is 8.68. The number of fused-ring (bicyclic) bond motifs is 1. The second-order valence-corrected chi connectivity index (χ2v) is 4.28. The van der Waals surface area contributed by atoms with Crippen LogP contribution in [0, 0.1) is 0 Å². The molecule has 1 unspecified atom stereocenters. The van der Waals surface area contributed by atoms with Gasteiger partial charge >= 0.3 is 0 Å². The highest BCUT2D eigenvalue weighted by Gasteiger charge is 2.22. The molecule has 0 aliphatic heterocycles. The molecular weight excluding hydrogens is 224 g/mol. The summed E-state index contributed by atoms with van der Waals surface area (Å²) in [5, 5.41) is 15.5. The molecule has 16 heavy (non-hydrogen) atoms. The van der Waals surface area contributed by atoms with E-state index >= 15 is 0 Å². The van der Waals surface area contributed by atoms with Crippen LogP contribution in [0.15, 0.2) is 16.7 Å². The van der Waals surface area contributed by atoms with Gasteiger partial charge in [-0.25, -0.2) is 0 Å². The predicted molar refractivity (Wildman–Crippen MR) is 65.2 cm³/mol. The highest BCUT2D eigenvalue weighted by atomic mass is 32.1. The van der Waals surface area contributed by atoms with Gasteiger partial charge in [0.1, 0.15) is 5.76 Å². The predicted octanol–water partition coefficient (Wildman–Crippen LogP) is 1.11. The van der Waals surface area contributed by atoms with Gasteiger partial charge in [-0.1, -0.05) is 0 Å². The highest BCUT2D eigenvalue weighted by Crippen LogP contribution is 2.30. The lowest BCUT2D eigenvalue weighted by atomic mass is 9.94. The van der Waals surface area contributed by atoms with Crippen LogP contribution in [0.3, 0.4) is 0 Å². The summed E-state index contributed by atoms with van der Waals surface area (Å²) in [7, 11) is 0. The third-order valence-electron chi connectivity index (χ3n) is 2.75. The average molecular weight is 240 g/mol. The molecule has 88 valence electrons. The van der Waals surface area contributed by atoms with Crippen LogP contribution in [0.25, 0.3) is 0 Å². The van der Waals surface area contributed by atoms with Gasteiger partial charge in [0.05, 0.1) is 18.9 Å². The molecule has 1 aromatic heterocycles. The van der Waals surface area contributed by atoms with Crippen molar-refractivity contribution in [3.8, 4) is 0 Å². The summed E-state index contributed by atoms with van der Waals surface area (Å²) in [6.45, 7) is 0.570. The molecule has 0 fully saturated rings. The summed E-state index contributed by atoms with van der Waals surface area (Å²) in [4.78, 5) is 0.